The van der Waals surface area contributed by atoms with Crippen LogP contribution in [0, 0.1) is 59.7 Å². The van der Waals surface area contributed by atoms with E-state index in [-0.39, 0.29) is 32.7 Å². The molecule has 0 aromatic carbocycles. The fraction of sp³-hybridized carbons (Fsp3) is 0.815. The van der Waals surface area contributed by atoms with Crippen LogP contribution in [0.4, 0.5) is 0 Å². The van der Waals surface area contributed by atoms with Crippen molar-refractivity contribution < 1.29 is 32.7 Å². The van der Waals surface area contributed by atoms with Crippen LogP contribution in [0.2, 0.25) is 0 Å². The minimum atomic E-state index is 0. The molecule has 3 unspecified atom stereocenters. The first-order chi connectivity index (χ1) is 13.2. The van der Waals surface area contributed by atoms with Gasteiger partial charge in [-0.3, -0.25) is 0 Å². The molecule has 3 atom stereocenters. The fourth-order valence-electron chi connectivity index (χ4n) is 6.42. The molecule has 153 valence electrons. The Kier molecular flexibility index (Phi) is 9.18. The summed E-state index contributed by atoms with van der Waals surface area (Å²) >= 11 is 0. The van der Waals surface area contributed by atoms with E-state index in [1.807, 2.05) is 5.57 Å². The molecule has 0 heterocycles. The van der Waals surface area contributed by atoms with E-state index in [0.717, 1.165) is 29.6 Å². The van der Waals surface area contributed by atoms with Crippen LogP contribution >= 0.6 is 0 Å². The first-order valence-corrected chi connectivity index (χ1v) is 12.2. The molecule has 4 aliphatic rings. The van der Waals surface area contributed by atoms with Crippen molar-refractivity contribution >= 4 is 0 Å². The predicted molar refractivity (Wildman–Crippen MR) is 116 cm³/mol. The molecule has 0 saturated heterocycles. The molecular weight excluding hydrogens is 413 g/mol. The molecule has 0 aromatic heterocycles. The van der Waals surface area contributed by atoms with Crippen molar-refractivity contribution in [3.8, 4) is 11.8 Å². The predicted octanol–water partition coefficient (Wildman–Crippen LogP) is 7.60. The number of rotatable bonds is 2. The first-order valence-electron chi connectivity index (χ1n) is 12.2. The third kappa shape index (κ3) is 6.20. The molecule has 1 heteroatoms. The van der Waals surface area contributed by atoms with Crippen molar-refractivity contribution in [3.05, 3.63) is 18.1 Å². The molecule has 0 N–H and O–H groups in total. The van der Waals surface area contributed by atoms with Gasteiger partial charge in [-0.2, -0.15) is 6.42 Å². The van der Waals surface area contributed by atoms with Crippen molar-refractivity contribution in [3.63, 3.8) is 0 Å². The molecule has 0 nitrogen and oxygen atoms in total. The second kappa shape index (κ2) is 11.1. The van der Waals surface area contributed by atoms with Gasteiger partial charge >= 0.3 is 0 Å². The summed E-state index contributed by atoms with van der Waals surface area (Å²) in [7, 11) is 0. The summed E-state index contributed by atoms with van der Waals surface area (Å²) in [6.07, 6.45) is 23.5. The van der Waals surface area contributed by atoms with Crippen molar-refractivity contribution in [1.29, 1.82) is 0 Å². The molecule has 28 heavy (non-hydrogen) atoms. The van der Waals surface area contributed by atoms with Crippen LogP contribution in [0.3, 0.4) is 0 Å². The third-order valence-corrected chi connectivity index (χ3v) is 8.39. The van der Waals surface area contributed by atoms with Crippen LogP contribution in [-0.4, -0.2) is 0 Å². The van der Waals surface area contributed by atoms with Gasteiger partial charge in [0.15, 0.2) is 0 Å². The van der Waals surface area contributed by atoms with Crippen molar-refractivity contribution in [2.45, 2.75) is 97.3 Å². The van der Waals surface area contributed by atoms with Gasteiger partial charge in [-0.15, -0.1) is 17.8 Å². The second-order valence-electron chi connectivity index (χ2n) is 10.5. The average molecular weight is 455 g/mol. The third-order valence-electron chi connectivity index (χ3n) is 8.39. The molecule has 0 aliphatic heterocycles. The largest absolute Gasteiger partial charge is 0.314 e. The maximum Gasteiger partial charge on any atom is 0.0202 e. The molecule has 0 bridgehead atoms. The van der Waals surface area contributed by atoms with Crippen molar-refractivity contribution in [2.24, 2.45) is 41.4 Å². The summed E-state index contributed by atoms with van der Waals surface area (Å²) in [6.45, 7) is 4.77. The maximum atomic E-state index is 3.69. The summed E-state index contributed by atoms with van der Waals surface area (Å²) in [5.74, 6) is 13.4. The van der Waals surface area contributed by atoms with Gasteiger partial charge < -0.3 is 6.42 Å². The summed E-state index contributed by atoms with van der Waals surface area (Å²) in [5, 5.41) is 0. The number of allylic oxidation sites excluding steroid dienone is 2. The molecule has 0 aromatic rings. The zero-order valence-corrected chi connectivity index (χ0v) is 21.3. The Balaban J connectivity index is 0.00000225. The Morgan fingerprint density at radius 2 is 1.46 bits per heavy atom. The zero-order chi connectivity index (χ0) is 18.6. The van der Waals surface area contributed by atoms with E-state index in [0.29, 0.717) is 11.8 Å². The normalized spacial score (nSPS) is 41.4. The SMILES string of the molecule is CC1C=C(C2CCC(C3CCC(C#CC4[CH-]CC(C)CC4)CC3)CC2)CC1.[Y]. The molecule has 3 fully saturated rings. The minimum Gasteiger partial charge on any atom is -0.314 e. The van der Waals surface area contributed by atoms with E-state index in [2.05, 4.69) is 38.2 Å². The molecule has 4 rings (SSSR count). The van der Waals surface area contributed by atoms with E-state index in [1.54, 1.807) is 0 Å². The molecular formula is C27H41Y-. The van der Waals surface area contributed by atoms with E-state index in [1.165, 1.54) is 83.5 Å². The maximum absolute atomic E-state index is 3.69. The Morgan fingerprint density at radius 3 is 2.04 bits per heavy atom. The van der Waals surface area contributed by atoms with Gasteiger partial charge in [-0.05, 0) is 87.9 Å². The monoisotopic (exact) mass is 454 g/mol. The average Bonchev–Trinajstić information content (AvgIpc) is 3.14. The second-order valence-corrected chi connectivity index (χ2v) is 10.5. The molecule has 3 saturated carbocycles. The molecule has 1 radical (unpaired) electrons. The van der Waals surface area contributed by atoms with E-state index < -0.39 is 0 Å². The van der Waals surface area contributed by atoms with Crippen LogP contribution in [0.25, 0.3) is 0 Å². The number of hydrogen-bond donors (Lipinski definition) is 0. The Hall–Kier alpha value is 0.404. The summed E-state index contributed by atoms with van der Waals surface area (Å²) in [5.41, 5.74) is 1.83. The molecule has 0 spiro atoms. The van der Waals surface area contributed by atoms with Gasteiger partial charge in [-0.1, -0.05) is 44.3 Å². The minimum absolute atomic E-state index is 0. The Labute approximate surface area is 200 Å². The quantitative estimate of drug-likeness (QED) is 0.229. The Morgan fingerprint density at radius 1 is 0.786 bits per heavy atom. The first kappa shape index (κ1) is 23.1. The summed E-state index contributed by atoms with van der Waals surface area (Å²) in [4.78, 5) is 0. The zero-order valence-electron chi connectivity index (χ0n) is 18.5. The van der Waals surface area contributed by atoms with Crippen LogP contribution in [0.15, 0.2) is 11.6 Å². The van der Waals surface area contributed by atoms with Crippen LogP contribution < -0.4 is 0 Å². The van der Waals surface area contributed by atoms with Crippen LogP contribution in [-0.2, 0) is 32.7 Å². The van der Waals surface area contributed by atoms with Crippen LogP contribution in [0.1, 0.15) is 97.3 Å². The van der Waals surface area contributed by atoms with E-state index in [4.69, 9.17) is 0 Å². The van der Waals surface area contributed by atoms with Gasteiger partial charge in [0.25, 0.3) is 0 Å². The standard InChI is InChI=1S/C27H41.Y/c1-20-3-6-22(7-4-20)8-9-23-10-13-24(14-11-23)25-15-17-26(18-16-25)27-12-5-21(2)19-27;/h6,19-26H,3-5,7,10-18H2,1-2H3;/q-1;. The van der Waals surface area contributed by atoms with Gasteiger partial charge in [0, 0.05) is 38.6 Å². The molecule has 4 aliphatic carbocycles. The molecule has 0 amide bonds. The van der Waals surface area contributed by atoms with Crippen molar-refractivity contribution in [1.82, 2.24) is 0 Å². The van der Waals surface area contributed by atoms with E-state index >= 15 is 0 Å². The Bertz CT molecular complexity index is 555. The van der Waals surface area contributed by atoms with E-state index in [9.17, 15) is 0 Å². The summed E-state index contributed by atoms with van der Waals surface area (Å²) < 4.78 is 0. The van der Waals surface area contributed by atoms with Gasteiger partial charge in [0.2, 0.25) is 0 Å². The van der Waals surface area contributed by atoms with Gasteiger partial charge in [0.05, 0.1) is 0 Å². The van der Waals surface area contributed by atoms with Crippen molar-refractivity contribution in [2.75, 3.05) is 0 Å². The van der Waals surface area contributed by atoms with Gasteiger partial charge in [-0.25, -0.2) is 0 Å². The van der Waals surface area contributed by atoms with Crippen LogP contribution in [0.5, 0.6) is 0 Å². The van der Waals surface area contributed by atoms with Gasteiger partial charge in [0.1, 0.15) is 0 Å². The number of hydrogen-bond acceptors (Lipinski definition) is 0. The topological polar surface area (TPSA) is 0 Å². The summed E-state index contributed by atoms with van der Waals surface area (Å²) in [6, 6.07) is 0. The fourth-order valence-corrected chi connectivity index (χ4v) is 6.42. The smallest absolute Gasteiger partial charge is 0.0202 e.